The van der Waals surface area contributed by atoms with E-state index < -0.39 is 0 Å². The maximum Gasteiger partial charge on any atom is 0.226 e. The number of rotatable bonds is 5. The minimum absolute atomic E-state index is 0.0763. The molecule has 0 aliphatic heterocycles. The third kappa shape index (κ3) is 4.64. The predicted octanol–water partition coefficient (Wildman–Crippen LogP) is 4.03. The predicted molar refractivity (Wildman–Crippen MR) is 103 cm³/mol. The van der Waals surface area contributed by atoms with Crippen LogP contribution in [0.15, 0.2) is 52.9 Å². The van der Waals surface area contributed by atoms with Gasteiger partial charge in [0.25, 0.3) is 0 Å². The highest BCUT2D eigenvalue weighted by Gasteiger charge is 2.07. The number of aromatic nitrogens is 1. The van der Waals surface area contributed by atoms with E-state index in [-0.39, 0.29) is 5.91 Å². The molecule has 1 aromatic heterocycles. The number of anilines is 1. The van der Waals surface area contributed by atoms with Crippen LogP contribution in [0.4, 0.5) is 5.69 Å². The molecule has 128 valence electrons. The Balaban J connectivity index is 1.60. The molecule has 0 unspecified atom stereocenters. The number of hydrogen-bond acceptors (Lipinski definition) is 4. The molecular weight excluding hydrogens is 334 g/mol. The van der Waals surface area contributed by atoms with Crippen LogP contribution >= 0.6 is 12.2 Å². The van der Waals surface area contributed by atoms with Crippen molar-refractivity contribution in [1.29, 1.82) is 0 Å². The normalized spacial score (nSPS) is 10.6. The number of benzene rings is 2. The van der Waals surface area contributed by atoms with Crippen molar-refractivity contribution < 1.29 is 9.21 Å². The largest absolute Gasteiger partial charge is 0.440 e. The molecule has 0 fully saturated rings. The lowest BCUT2D eigenvalue weighted by atomic mass is 10.1. The summed E-state index contributed by atoms with van der Waals surface area (Å²) < 4.78 is 5.74. The molecule has 0 aliphatic rings. The fourth-order valence-corrected chi connectivity index (χ4v) is 2.69. The van der Waals surface area contributed by atoms with E-state index in [9.17, 15) is 4.79 Å². The molecule has 3 aromatic rings. The monoisotopic (exact) mass is 353 g/mol. The third-order valence-electron chi connectivity index (χ3n) is 3.64. The van der Waals surface area contributed by atoms with E-state index in [0.717, 1.165) is 28.8 Å². The van der Waals surface area contributed by atoms with E-state index in [2.05, 4.69) is 15.6 Å². The number of hydrogen-bond donors (Lipinski definition) is 2. The lowest BCUT2D eigenvalue weighted by molar-refractivity contribution is -0.119. The first-order valence-corrected chi connectivity index (χ1v) is 8.59. The van der Waals surface area contributed by atoms with Gasteiger partial charge in [0.1, 0.15) is 5.52 Å². The SMILES string of the molecule is CCCC(=O)NC(=S)Nc1ccc(Cc2nc3ccccc3o2)cc1. The van der Waals surface area contributed by atoms with E-state index in [4.69, 9.17) is 16.6 Å². The Morgan fingerprint density at radius 3 is 2.64 bits per heavy atom. The third-order valence-corrected chi connectivity index (χ3v) is 3.84. The van der Waals surface area contributed by atoms with Crippen LogP contribution in [-0.4, -0.2) is 16.0 Å². The zero-order valence-corrected chi connectivity index (χ0v) is 14.7. The summed E-state index contributed by atoms with van der Waals surface area (Å²) in [7, 11) is 0. The molecule has 1 amide bonds. The second kappa shape index (κ2) is 7.90. The summed E-state index contributed by atoms with van der Waals surface area (Å²) in [4.78, 5) is 16.0. The molecule has 0 spiro atoms. The van der Waals surface area contributed by atoms with Crippen LogP contribution < -0.4 is 10.6 Å². The number of amides is 1. The summed E-state index contributed by atoms with van der Waals surface area (Å²) in [6, 6.07) is 15.5. The van der Waals surface area contributed by atoms with Gasteiger partial charge in [0.05, 0.1) is 0 Å². The summed E-state index contributed by atoms with van der Waals surface area (Å²) in [5.74, 6) is 0.608. The van der Waals surface area contributed by atoms with Gasteiger partial charge >= 0.3 is 0 Å². The highest BCUT2D eigenvalue weighted by molar-refractivity contribution is 7.80. The lowest BCUT2D eigenvalue weighted by Crippen LogP contribution is -2.33. The van der Waals surface area contributed by atoms with Crippen LogP contribution in [0, 0.1) is 0 Å². The first kappa shape index (κ1) is 17.1. The first-order chi connectivity index (χ1) is 12.1. The van der Waals surface area contributed by atoms with Gasteiger partial charge in [-0.15, -0.1) is 0 Å². The second-order valence-corrected chi connectivity index (χ2v) is 6.11. The molecule has 0 radical (unpaired) electrons. The Labute approximate surface area is 151 Å². The van der Waals surface area contributed by atoms with Crippen molar-refractivity contribution >= 4 is 40.0 Å². The number of para-hydroxylation sites is 2. The number of thiocarbonyl (C=S) groups is 1. The Hall–Kier alpha value is -2.73. The number of oxazole rings is 1. The molecule has 0 aliphatic carbocycles. The van der Waals surface area contributed by atoms with Gasteiger partial charge in [0.2, 0.25) is 5.91 Å². The zero-order chi connectivity index (χ0) is 17.6. The van der Waals surface area contributed by atoms with Gasteiger partial charge in [-0.05, 0) is 48.5 Å². The molecule has 25 heavy (non-hydrogen) atoms. The zero-order valence-electron chi connectivity index (χ0n) is 13.9. The number of nitrogens with one attached hydrogen (secondary N) is 2. The van der Waals surface area contributed by atoms with E-state index in [1.165, 1.54) is 0 Å². The van der Waals surface area contributed by atoms with Crippen molar-refractivity contribution in [3.05, 3.63) is 60.0 Å². The Kier molecular flexibility index (Phi) is 5.40. The van der Waals surface area contributed by atoms with Crippen LogP contribution in [0.1, 0.15) is 31.2 Å². The molecule has 2 aromatic carbocycles. The van der Waals surface area contributed by atoms with E-state index in [1.807, 2.05) is 55.5 Å². The molecular formula is C19H19N3O2S. The fraction of sp³-hybridized carbons (Fsp3) is 0.211. The molecule has 6 heteroatoms. The maximum atomic E-state index is 11.5. The van der Waals surface area contributed by atoms with Crippen LogP contribution in [0.5, 0.6) is 0 Å². The molecule has 0 atom stereocenters. The summed E-state index contributed by atoms with van der Waals surface area (Å²) in [5.41, 5.74) is 3.56. The van der Waals surface area contributed by atoms with Crippen molar-refractivity contribution in [3.8, 4) is 0 Å². The Morgan fingerprint density at radius 1 is 1.16 bits per heavy atom. The minimum Gasteiger partial charge on any atom is -0.440 e. The number of nitrogens with zero attached hydrogens (tertiary/aromatic N) is 1. The molecule has 3 rings (SSSR count). The van der Waals surface area contributed by atoms with Gasteiger partial charge in [-0.1, -0.05) is 31.2 Å². The molecule has 0 saturated heterocycles. The summed E-state index contributed by atoms with van der Waals surface area (Å²) in [6.45, 7) is 1.95. The van der Waals surface area contributed by atoms with Crippen molar-refractivity contribution in [2.24, 2.45) is 0 Å². The minimum atomic E-state index is -0.0763. The van der Waals surface area contributed by atoms with Crippen molar-refractivity contribution in [1.82, 2.24) is 10.3 Å². The van der Waals surface area contributed by atoms with Crippen molar-refractivity contribution in [2.45, 2.75) is 26.2 Å². The van der Waals surface area contributed by atoms with Crippen LogP contribution in [0.2, 0.25) is 0 Å². The van der Waals surface area contributed by atoms with Gasteiger partial charge in [0, 0.05) is 18.5 Å². The molecule has 5 nitrogen and oxygen atoms in total. The van der Waals surface area contributed by atoms with Gasteiger partial charge in [-0.25, -0.2) is 4.98 Å². The van der Waals surface area contributed by atoms with Crippen LogP contribution in [0.3, 0.4) is 0 Å². The summed E-state index contributed by atoms with van der Waals surface area (Å²) in [5, 5.41) is 5.97. The standard InChI is InChI=1S/C19H19N3O2S/c1-2-5-17(23)22-19(25)20-14-10-8-13(9-11-14)12-18-21-15-6-3-4-7-16(15)24-18/h3-4,6-11H,2,5,12H2,1H3,(H2,20,22,23,25). The summed E-state index contributed by atoms with van der Waals surface area (Å²) >= 11 is 5.13. The number of carbonyl (C=O) groups excluding carboxylic acids is 1. The van der Waals surface area contributed by atoms with Gasteiger partial charge < -0.3 is 15.1 Å². The average molecular weight is 353 g/mol. The van der Waals surface area contributed by atoms with Crippen LogP contribution in [0.25, 0.3) is 11.1 Å². The molecule has 0 bridgehead atoms. The molecule has 2 N–H and O–H groups in total. The lowest BCUT2D eigenvalue weighted by Gasteiger charge is -2.09. The van der Waals surface area contributed by atoms with Crippen molar-refractivity contribution in [2.75, 3.05) is 5.32 Å². The van der Waals surface area contributed by atoms with Gasteiger partial charge in [-0.3, -0.25) is 4.79 Å². The Bertz CT molecular complexity index is 854. The second-order valence-electron chi connectivity index (χ2n) is 5.70. The molecule has 0 saturated carbocycles. The maximum absolute atomic E-state index is 11.5. The van der Waals surface area contributed by atoms with Crippen LogP contribution in [-0.2, 0) is 11.2 Å². The highest BCUT2D eigenvalue weighted by atomic mass is 32.1. The first-order valence-electron chi connectivity index (χ1n) is 8.18. The van der Waals surface area contributed by atoms with E-state index >= 15 is 0 Å². The van der Waals surface area contributed by atoms with Gasteiger partial charge in [-0.2, -0.15) is 0 Å². The number of fused-ring (bicyclic) bond motifs is 1. The Morgan fingerprint density at radius 2 is 1.92 bits per heavy atom. The number of carbonyl (C=O) groups is 1. The highest BCUT2D eigenvalue weighted by Crippen LogP contribution is 2.18. The summed E-state index contributed by atoms with van der Waals surface area (Å²) in [6.07, 6.45) is 1.87. The fourth-order valence-electron chi connectivity index (χ4n) is 2.45. The van der Waals surface area contributed by atoms with E-state index in [1.54, 1.807) is 0 Å². The van der Waals surface area contributed by atoms with Gasteiger partial charge in [0.15, 0.2) is 16.6 Å². The molecule has 1 heterocycles. The quantitative estimate of drug-likeness (QED) is 0.678. The topological polar surface area (TPSA) is 67.2 Å². The smallest absolute Gasteiger partial charge is 0.226 e. The van der Waals surface area contributed by atoms with E-state index in [0.29, 0.717) is 23.8 Å². The average Bonchev–Trinajstić information content (AvgIpc) is 2.99. The van der Waals surface area contributed by atoms with Crippen molar-refractivity contribution in [3.63, 3.8) is 0 Å².